The minimum absolute atomic E-state index is 0.303. The van der Waals surface area contributed by atoms with E-state index < -0.39 is 21.5 Å². The number of benzene rings is 2. The number of methoxy groups -OCH3 is 2. The predicted molar refractivity (Wildman–Crippen MR) is 118 cm³/mol. The Morgan fingerprint density at radius 3 is 2.55 bits per heavy atom. The van der Waals surface area contributed by atoms with Gasteiger partial charge in [0.05, 0.1) is 32.2 Å². The third-order valence-electron chi connectivity index (χ3n) is 5.05. The Hall–Kier alpha value is -2.94. The molecule has 1 amide bonds. The number of anilines is 1. The molecule has 1 unspecified atom stereocenters. The molecule has 0 spiro atoms. The van der Waals surface area contributed by atoms with Crippen LogP contribution in [0.2, 0.25) is 0 Å². The molecule has 31 heavy (non-hydrogen) atoms. The van der Waals surface area contributed by atoms with E-state index in [0.29, 0.717) is 29.4 Å². The Kier molecular flexibility index (Phi) is 6.35. The zero-order valence-corrected chi connectivity index (χ0v) is 19.2. The van der Waals surface area contributed by atoms with E-state index in [-0.39, 0.29) is 12.6 Å². The number of hydrogen-bond acceptors (Lipinski definition) is 6. The highest BCUT2D eigenvalue weighted by Gasteiger charge is 2.35. The molecule has 8 nitrogen and oxygen atoms in total. The molecule has 2 aromatic rings. The van der Waals surface area contributed by atoms with Crippen LogP contribution in [0.15, 0.2) is 42.5 Å². The summed E-state index contributed by atoms with van der Waals surface area (Å²) in [6.07, 6.45) is 1.58. The summed E-state index contributed by atoms with van der Waals surface area (Å²) < 4.78 is 42.6. The van der Waals surface area contributed by atoms with Crippen molar-refractivity contribution in [3.05, 3.63) is 48.0 Å². The van der Waals surface area contributed by atoms with E-state index >= 15 is 0 Å². The number of hydrogen-bond donors (Lipinski definition) is 1. The first kappa shape index (κ1) is 22.7. The van der Waals surface area contributed by atoms with Gasteiger partial charge in [0.1, 0.15) is 29.4 Å². The maximum Gasteiger partial charge on any atom is 0.241 e. The number of sulfonamides is 1. The molecular formula is C22H28N2O6S. The van der Waals surface area contributed by atoms with Crippen molar-refractivity contribution in [3.63, 3.8) is 0 Å². The Bertz CT molecular complexity index is 1070. The molecular weight excluding hydrogens is 420 g/mol. The SMILES string of the molecule is COc1ccc2c(c1)C(NC(=O)CN(c1ccccc1OC)S(C)(=O)=O)CC(C)(C)O2. The number of nitrogens with one attached hydrogen (secondary N) is 1. The molecule has 1 aliphatic rings. The van der Waals surface area contributed by atoms with Gasteiger partial charge in [0.15, 0.2) is 0 Å². The van der Waals surface area contributed by atoms with Crippen LogP contribution < -0.4 is 23.8 Å². The molecule has 0 saturated carbocycles. The van der Waals surface area contributed by atoms with Crippen molar-refractivity contribution < 1.29 is 27.4 Å². The summed E-state index contributed by atoms with van der Waals surface area (Å²) in [5.41, 5.74) is 0.589. The van der Waals surface area contributed by atoms with E-state index in [1.165, 1.54) is 7.11 Å². The second-order valence-corrected chi connectivity index (χ2v) is 9.94. The number of carbonyl (C=O) groups excluding carboxylic acids is 1. The van der Waals surface area contributed by atoms with E-state index in [2.05, 4.69) is 5.32 Å². The molecule has 0 saturated heterocycles. The summed E-state index contributed by atoms with van der Waals surface area (Å²) in [5, 5.41) is 2.97. The topological polar surface area (TPSA) is 94.2 Å². The molecule has 1 N–H and O–H groups in total. The summed E-state index contributed by atoms with van der Waals surface area (Å²) >= 11 is 0. The van der Waals surface area contributed by atoms with Gasteiger partial charge in [-0.2, -0.15) is 0 Å². The Balaban J connectivity index is 1.88. The van der Waals surface area contributed by atoms with Crippen LogP contribution >= 0.6 is 0 Å². The molecule has 0 bridgehead atoms. The Morgan fingerprint density at radius 2 is 1.90 bits per heavy atom. The van der Waals surface area contributed by atoms with Crippen molar-refractivity contribution >= 4 is 21.6 Å². The molecule has 2 aromatic carbocycles. The van der Waals surface area contributed by atoms with Gasteiger partial charge < -0.3 is 19.5 Å². The molecule has 1 aliphatic heterocycles. The molecule has 0 fully saturated rings. The lowest BCUT2D eigenvalue weighted by Crippen LogP contribution is -2.45. The van der Waals surface area contributed by atoms with Crippen LogP contribution in [-0.2, 0) is 14.8 Å². The van der Waals surface area contributed by atoms with Crippen LogP contribution in [0.4, 0.5) is 5.69 Å². The normalized spacial score (nSPS) is 17.1. The first-order valence-electron chi connectivity index (χ1n) is 9.81. The summed E-state index contributed by atoms with van der Waals surface area (Å²) in [6.45, 7) is 3.50. The van der Waals surface area contributed by atoms with E-state index in [9.17, 15) is 13.2 Å². The van der Waals surface area contributed by atoms with Crippen LogP contribution in [0.3, 0.4) is 0 Å². The van der Waals surface area contributed by atoms with Gasteiger partial charge in [-0.05, 0) is 44.2 Å². The van der Waals surface area contributed by atoms with Crippen LogP contribution in [-0.4, -0.2) is 46.9 Å². The summed E-state index contributed by atoms with van der Waals surface area (Å²) in [6, 6.07) is 11.7. The van der Waals surface area contributed by atoms with Crippen LogP contribution in [0.5, 0.6) is 17.2 Å². The number of rotatable bonds is 7. The minimum atomic E-state index is -3.73. The molecule has 1 atom stereocenters. The highest BCUT2D eigenvalue weighted by molar-refractivity contribution is 7.92. The minimum Gasteiger partial charge on any atom is -0.497 e. The van der Waals surface area contributed by atoms with Gasteiger partial charge >= 0.3 is 0 Å². The van der Waals surface area contributed by atoms with E-state index in [1.807, 2.05) is 26.0 Å². The fraction of sp³-hybridized carbons (Fsp3) is 0.409. The van der Waals surface area contributed by atoms with Crippen molar-refractivity contribution in [2.24, 2.45) is 0 Å². The van der Waals surface area contributed by atoms with E-state index in [4.69, 9.17) is 14.2 Å². The van der Waals surface area contributed by atoms with Gasteiger partial charge in [-0.1, -0.05) is 12.1 Å². The quantitative estimate of drug-likeness (QED) is 0.700. The zero-order valence-electron chi connectivity index (χ0n) is 18.3. The van der Waals surface area contributed by atoms with E-state index in [1.54, 1.807) is 37.4 Å². The van der Waals surface area contributed by atoms with Crippen molar-refractivity contribution in [2.45, 2.75) is 31.9 Å². The first-order valence-corrected chi connectivity index (χ1v) is 11.7. The highest BCUT2D eigenvalue weighted by atomic mass is 32.2. The molecule has 1 heterocycles. The van der Waals surface area contributed by atoms with E-state index in [0.717, 1.165) is 16.1 Å². The average Bonchev–Trinajstić information content (AvgIpc) is 2.70. The van der Waals surface area contributed by atoms with Gasteiger partial charge in [-0.15, -0.1) is 0 Å². The lowest BCUT2D eigenvalue weighted by Gasteiger charge is -2.38. The van der Waals surface area contributed by atoms with Crippen molar-refractivity contribution in [2.75, 3.05) is 31.3 Å². The largest absolute Gasteiger partial charge is 0.497 e. The maximum absolute atomic E-state index is 13.0. The van der Waals surface area contributed by atoms with Crippen molar-refractivity contribution in [1.82, 2.24) is 5.32 Å². The van der Waals surface area contributed by atoms with Crippen molar-refractivity contribution in [1.29, 1.82) is 0 Å². The van der Waals surface area contributed by atoms with Gasteiger partial charge in [-0.25, -0.2) is 8.42 Å². The predicted octanol–water partition coefficient (Wildman–Crippen LogP) is 2.89. The monoisotopic (exact) mass is 448 g/mol. The third-order valence-corrected chi connectivity index (χ3v) is 6.18. The van der Waals surface area contributed by atoms with Crippen LogP contribution in [0.1, 0.15) is 31.9 Å². The van der Waals surface area contributed by atoms with Crippen molar-refractivity contribution in [3.8, 4) is 17.2 Å². The molecule has 9 heteroatoms. The van der Waals surface area contributed by atoms with Gasteiger partial charge in [0.2, 0.25) is 15.9 Å². The first-order chi connectivity index (χ1) is 14.5. The van der Waals surface area contributed by atoms with Gasteiger partial charge in [0, 0.05) is 12.0 Å². The second-order valence-electron chi connectivity index (χ2n) is 8.03. The van der Waals surface area contributed by atoms with Gasteiger partial charge in [-0.3, -0.25) is 9.10 Å². The lowest BCUT2D eigenvalue weighted by atomic mass is 9.89. The second kappa shape index (κ2) is 8.66. The van der Waals surface area contributed by atoms with Crippen LogP contribution in [0, 0.1) is 0 Å². The molecule has 0 aromatic heterocycles. The zero-order chi connectivity index (χ0) is 22.8. The smallest absolute Gasteiger partial charge is 0.241 e. The Morgan fingerprint density at radius 1 is 1.19 bits per heavy atom. The molecule has 0 radical (unpaired) electrons. The number of fused-ring (bicyclic) bond motifs is 1. The number of amides is 1. The van der Waals surface area contributed by atoms with Crippen LogP contribution in [0.25, 0.3) is 0 Å². The number of para-hydroxylation sites is 2. The standard InChI is InChI=1S/C22H28N2O6S/c1-22(2)13-17(16-12-15(28-3)10-11-19(16)30-22)23-21(25)14-24(31(5,26)27)18-8-6-7-9-20(18)29-4/h6-12,17H,13-14H2,1-5H3,(H,23,25). The summed E-state index contributed by atoms with van der Waals surface area (Å²) in [7, 11) is -0.711. The number of nitrogens with zero attached hydrogens (tertiary/aromatic N) is 1. The number of carbonyl (C=O) groups is 1. The fourth-order valence-electron chi connectivity index (χ4n) is 3.68. The third kappa shape index (κ3) is 5.22. The fourth-order valence-corrected chi connectivity index (χ4v) is 4.54. The lowest BCUT2D eigenvalue weighted by molar-refractivity contribution is -0.120. The molecule has 168 valence electrons. The maximum atomic E-state index is 13.0. The molecule has 3 rings (SSSR count). The average molecular weight is 449 g/mol. The van der Waals surface area contributed by atoms with Gasteiger partial charge in [0.25, 0.3) is 0 Å². The molecule has 0 aliphatic carbocycles. The number of ether oxygens (including phenoxy) is 3. The summed E-state index contributed by atoms with van der Waals surface area (Å²) in [5.74, 6) is 1.23. The Labute approximate surface area is 183 Å². The highest BCUT2D eigenvalue weighted by Crippen LogP contribution is 2.41. The summed E-state index contributed by atoms with van der Waals surface area (Å²) in [4.78, 5) is 13.0.